The van der Waals surface area contributed by atoms with E-state index < -0.39 is 16.6 Å². The Morgan fingerprint density at radius 3 is 2.85 bits per heavy atom. The molecule has 0 aliphatic rings. The number of aromatic amines is 1. The average molecular weight is 316 g/mol. The molecule has 0 fully saturated rings. The number of benzene rings is 1. The predicted molar refractivity (Wildman–Crippen MR) is 81.8 cm³/mol. The molecule has 1 heterocycles. The van der Waals surface area contributed by atoms with E-state index in [4.69, 9.17) is 17.0 Å². The van der Waals surface area contributed by atoms with Crippen molar-refractivity contribution in [2.75, 3.05) is 13.4 Å². The number of methoxy groups -OCH3 is 1. The largest absolute Gasteiger partial charge is 0.494 e. The fourth-order valence-corrected chi connectivity index (χ4v) is 2.75. The number of ether oxygens (including phenoxy) is 1. The highest BCUT2D eigenvalue weighted by Crippen LogP contribution is 2.25. The molecule has 0 saturated heterocycles. The van der Waals surface area contributed by atoms with E-state index in [0.29, 0.717) is 16.8 Å². The van der Waals surface area contributed by atoms with Gasteiger partial charge in [0.2, 0.25) is 0 Å². The Bertz CT molecular complexity index is 708. The SMILES string of the molecule is COc1cc2c(cc1F)[nH]c(=S)n2CCC(C)S(C)=O. The lowest BCUT2D eigenvalue weighted by Crippen LogP contribution is -2.12. The van der Waals surface area contributed by atoms with Gasteiger partial charge in [0.1, 0.15) is 0 Å². The molecule has 0 spiro atoms. The van der Waals surface area contributed by atoms with Crippen LogP contribution in [0.1, 0.15) is 13.3 Å². The molecule has 4 nitrogen and oxygen atoms in total. The van der Waals surface area contributed by atoms with Crippen LogP contribution in [0.15, 0.2) is 12.1 Å². The van der Waals surface area contributed by atoms with E-state index in [-0.39, 0.29) is 11.0 Å². The normalized spacial score (nSPS) is 14.4. The van der Waals surface area contributed by atoms with Crippen molar-refractivity contribution in [1.29, 1.82) is 0 Å². The Labute approximate surface area is 124 Å². The molecule has 2 atom stereocenters. The fraction of sp³-hybridized carbons (Fsp3) is 0.462. The van der Waals surface area contributed by atoms with E-state index in [1.54, 1.807) is 12.3 Å². The number of nitrogens with zero attached hydrogens (tertiary/aromatic N) is 1. The van der Waals surface area contributed by atoms with Crippen LogP contribution in [0.2, 0.25) is 0 Å². The van der Waals surface area contributed by atoms with Gasteiger partial charge in [-0.25, -0.2) is 4.39 Å². The monoisotopic (exact) mass is 316 g/mol. The zero-order chi connectivity index (χ0) is 14.9. The molecular formula is C13H17FN2O2S2. The zero-order valence-electron chi connectivity index (χ0n) is 11.6. The number of hydrogen-bond donors (Lipinski definition) is 1. The zero-order valence-corrected chi connectivity index (χ0v) is 13.2. The highest BCUT2D eigenvalue weighted by molar-refractivity contribution is 7.84. The van der Waals surface area contributed by atoms with Crippen molar-refractivity contribution in [1.82, 2.24) is 9.55 Å². The molecule has 2 rings (SSSR count). The van der Waals surface area contributed by atoms with Gasteiger partial charge in [0.25, 0.3) is 0 Å². The number of hydrogen-bond acceptors (Lipinski definition) is 3. The fourth-order valence-electron chi connectivity index (χ4n) is 2.01. The van der Waals surface area contributed by atoms with Crippen LogP contribution >= 0.6 is 12.2 Å². The second-order valence-electron chi connectivity index (χ2n) is 4.68. The summed E-state index contributed by atoms with van der Waals surface area (Å²) in [4.78, 5) is 2.98. The maximum Gasteiger partial charge on any atom is 0.178 e. The summed E-state index contributed by atoms with van der Waals surface area (Å²) in [5, 5.41) is 0.0872. The number of fused-ring (bicyclic) bond motifs is 1. The molecule has 1 aromatic heterocycles. The second-order valence-corrected chi connectivity index (χ2v) is 6.87. The minimum Gasteiger partial charge on any atom is -0.494 e. The van der Waals surface area contributed by atoms with Gasteiger partial charge in [-0.2, -0.15) is 0 Å². The summed E-state index contributed by atoms with van der Waals surface area (Å²) in [6.07, 6.45) is 2.43. The summed E-state index contributed by atoms with van der Waals surface area (Å²) >= 11 is 5.26. The van der Waals surface area contributed by atoms with E-state index in [0.717, 1.165) is 11.9 Å². The lowest BCUT2D eigenvalue weighted by Gasteiger charge is -2.10. The highest BCUT2D eigenvalue weighted by atomic mass is 32.2. The number of aromatic nitrogens is 2. The van der Waals surface area contributed by atoms with Gasteiger partial charge in [-0.05, 0) is 18.6 Å². The topological polar surface area (TPSA) is 47.0 Å². The highest BCUT2D eigenvalue weighted by Gasteiger charge is 2.12. The molecule has 1 aromatic carbocycles. The molecule has 0 aliphatic carbocycles. The maximum absolute atomic E-state index is 13.7. The first kappa shape index (κ1) is 15.2. The lowest BCUT2D eigenvalue weighted by molar-refractivity contribution is 0.387. The van der Waals surface area contributed by atoms with Crippen molar-refractivity contribution in [3.63, 3.8) is 0 Å². The van der Waals surface area contributed by atoms with Crippen molar-refractivity contribution in [2.24, 2.45) is 0 Å². The summed E-state index contributed by atoms with van der Waals surface area (Å²) in [6, 6.07) is 3.01. The number of H-pyrrole nitrogens is 1. The summed E-state index contributed by atoms with van der Waals surface area (Å²) in [6.45, 7) is 2.57. The summed E-state index contributed by atoms with van der Waals surface area (Å²) < 4.78 is 32.5. The Balaban J connectivity index is 2.40. The Hall–Kier alpha value is -1.21. The van der Waals surface area contributed by atoms with Crippen molar-refractivity contribution in [2.45, 2.75) is 25.1 Å². The lowest BCUT2D eigenvalue weighted by atomic mass is 10.2. The minimum absolute atomic E-state index is 0.0872. The second kappa shape index (κ2) is 6.05. The quantitative estimate of drug-likeness (QED) is 0.863. The first-order valence-electron chi connectivity index (χ1n) is 6.22. The first-order valence-corrected chi connectivity index (χ1v) is 8.25. The van der Waals surface area contributed by atoms with E-state index >= 15 is 0 Å². The number of imidazole rings is 1. The van der Waals surface area contributed by atoms with Gasteiger partial charge in [0.05, 0.1) is 18.1 Å². The third-order valence-electron chi connectivity index (χ3n) is 3.37. The molecule has 2 unspecified atom stereocenters. The molecule has 20 heavy (non-hydrogen) atoms. The number of rotatable bonds is 5. The summed E-state index contributed by atoms with van der Waals surface area (Å²) in [5.74, 6) is -0.237. The molecule has 1 N–H and O–H groups in total. The standard InChI is InChI=1S/C13H17FN2O2S2/c1-8(20(3)17)4-5-16-11-7-12(18-2)9(14)6-10(11)15-13(16)19/h6-8H,4-5H2,1-3H3,(H,15,19). The van der Waals surface area contributed by atoms with Gasteiger partial charge >= 0.3 is 0 Å². The average Bonchev–Trinajstić information content (AvgIpc) is 2.69. The molecule has 0 radical (unpaired) electrons. The van der Waals surface area contributed by atoms with Gasteiger partial charge in [0, 0.05) is 41.0 Å². The van der Waals surface area contributed by atoms with Crippen LogP contribution in [-0.4, -0.2) is 32.4 Å². The molecule has 0 amide bonds. The van der Waals surface area contributed by atoms with Crippen molar-refractivity contribution in [3.05, 3.63) is 22.7 Å². The smallest absolute Gasteiger partial charge is 0.178 e. The van der Waals surface area contributed by atoms with Gasteiger partial charge in [-0.15, -0.1) is 0 Å². The van der Waals surface area contributed by atoms with Crippen molar-refractivity contribution < 1.29 is 13.3 Å². The molecule has 7 heteroatoms. The van der Waals surface area contributed by atoms with Crippen LogP contribution < -0.4 is 4.74 Å². The van der Waals surface area contributed by atoms with E-state index in [9.17, 15) is 8.60 Å². The predicted octanol–water partition coefficient (Wildman–Crippen LogP) is 3.00. The number of aryl methyl sites for hydroxylation is 1. The van der Waals surface area contributed by atoms with Crippen molar-refractivity contribution in [3.8, 4) is 5.75 Å². The van der Waals surface area contributed by atoms with Crippen LogP contribution in [0.5, 0.6) is 5.75 Å². The third kappa shape index (κ3) is 2.93. The minimum atomic E-state index is -0.864. The molecule has 0 aliphatic heterocycles. The molecule has 110 valence electrons. The van der Waals surface area contributed by atoms with Gasteiger partial charge in [-0.1, -0.05) is 6.92 Å². The first-order chi connectivity index (χ1) is 9.43. The van der Waals surface area contributed by atoms with Crippen LogP contribution in [0.3, 0.4) is 0 Å². The molecule has 0 bridgehead atoms. The van der Waals surface area contributed by atoms with E-state index in [1.807, 2.05) is 11.5 Å². The van der Waals surface area contributed by atoms with E-state index in [2.05, 4.69) is 4.98 Å². The van der Waals surface area contributed by atoms with Gasteiger partial charge in [0.15, 0.2) is 16.3 Å². The summed E-state index contributed by atoms with van der Waals surface area (Å²) in [7, 11) is 0.565. The molecule has 2 aromatic rings. The third-order valence-corrected chi connectivity index (χ3v) is 5.06. The van der Waals surface area contributed by atoms with Crippen LogP contribution in [-0.2, 0) is 17.3 Å². The number of nitrogens with one attached hydrogen (secondary N) is 1. The van der Waals surface area contributed by atoms with Crippen LogP contribution in [0, 0.1) is 10.6 Å². The number of halogens is 1. The maximum atomic E-state index is 13.7. The van der Waals surface area contributed by atoms with Gasteiger partial charge in [-0.3, -0.25) is 4.21 Å². The summed E-state index contributed by atoms with van der Waals surface area (Å²) in [5.41, 5.74) is 1.43. The van der Waals surface area contributed by atoms with Crippen LogP contribution in [0.25, 0.3) is 11.0 Å². The molecular weight excluding hydrogens is 299 g/mol. The van der Waals surface area contributed by atoms with Crippen molar-refractivity contribution >= 4 is 34.1 Å². The molecule has 0 saturated carbocycles. The van der Waals surface area contributed by atoms with Crippen LogP contribution in [0.4, 0.5) is 4.39 Å². The Morgan fingerprint density at radius 2 is 2.25 bits per heavy atom. The Morgan fingerprint density at radius 1 is 1.55 bits per heavy atom. The van der Waals surface area contributed by atoms with Gasteiger partial charge < -0.3 is 14.3 Å². The Kier molecular flexibility index (Phi) is 4.59. The van der Waals surface area contributed by atoms with E-state index in [1.165, 1.54) is 13.2 Å².